The second-order valence-electron chi connectivity index (χ2n) is 7.62. The molecule has 0 spiro atoms. The van der Waals surface area contributed by atoms with Crippen molar-refractivity contribution < 1.29 is 58.0 Å². The van der Waals surface area contributed by atoms with E-state index >= 15 is 0 Å². The third-order valence-electron chi connectivity index (χ3n) is 5.29. The Morgan fingerprint density at radius 1 is 1.03 bits per heavy atom. The number of non-ortho nitro benzene ring substituents is 1. The molecule has 3 N–H and O–H groups in total. The number of carboxylic acid groups (broad SMARTS) is 3. The van der Waals surface area contributed by atoms with E-state index in [1.807, 2.05) is 0 Å². The molecule has 0 aliphatic carbocycles. The summed E-state index contributed by atoms with van der Waals surface area (Å²) in [5.74, 6) is -10.1. The molecular formula is C20H22FNO12. The second kappa shape index (κ2) is 11.4. The van der Waals surface area contributed by atoms with Crippen LogP contribution < -0.4 is 4.74 Å². The third-order valence-corrected chi connectivity index (χ3v) is 5.29. The van der Waals surface area contributed by atoms with Gasteiger partial charge in [-0.1, -0.05) is 0 Å². The average molecular weight is 487 g/mol. The number of halogens is 1. The molecule has 1 aromatic carbocycles. The molecule has 1 heterocycles. The van der Waals surface area contributed by atoms with Gasteiger partial charge in [-0.2, -0.15) is 0 Å². The van der Waals surface area contributed by atoms with E-state index in [0.717, 1.165) is 25.1 Å². The van der Waals surface area contributed by atoms with E-state index in [2.05, 4.69) is 0 Å². The first-order chi connectivity index (χ1) is 15.9. The van der Waals surface area contributed by atoms with Gasteiger partial charge in [-0.3, -0.25) is 29.3 Å². The van der Waals surface area contributed by atoms with Crippen LogP contribution in [0.15, 0.2) is 18.2 Å². The summed E-state index contributed by atoms with van der Waals surface area (Å²) < 4.78 is 30.3. The van der Waals surface area contributed by atoms with E-state index in [0.29, 0.717) is 0 Å². The lowest BCUT2D eigenvalue weighted by Crippen LogP contribution is -2.53. The lowest BCUT2D eigenvalue weighted by Gasteiger charge is -2.45. The number of hydrogen-bond acceptors (Lipinski definition) is 9. The summed E-state index contributed by atoms with van der Waals surface area (Å²) in [6.45, 7) is 0.559. The number of nitro groups is 1. The van der Waals surface area contributed by atoms with Gasteiger partial charge in [0, 0.05) is 31.2 Å². The Hall–Kier alpha value is -3.81. The molecule has 0 unspecified atom stereocenters. The molecule has 0 bridgehead atoms. The van der Waals surface area contributed by atoms with Crippen molar-refractivity contribution in [3.63, 3.8) is 0 Å². The summed E-state index contributed by atoms with van der Waals surface area (Å²) in [6, 6.07) is 2.37. The van der Waals surface area contributed by atoms with Gasteiger partial charge in [0.2, 0.25) is 6.29 Å². The third kappa shape index (κ3) is 7.10. The molecule has 5 atom stereocenters. The van der Waals surface area contributed by atoms with Gasteiger partial charge < -0.3 is 29.5 Å². The minimum atomic E-state index is -1.65. The standard InChI is InChI=1S/C20H22FNO12/c1-9(23)32-8-16-12(6-18(26)27)11(5-17(24)25)13(7-19(28)29)20(34-16)33-15-4-10(22(30)31)2-3-14(15)21/h2-4,11-13,16,20H,5-8H2,1H3,(H,24,25)(H,26,27)(H,28,29)/t11-,12-,13+,16-,20+/m0/s1. The van der Waals surface area contributed by atoms with Crippen molar-refractivity contribution in [1.82, 2.24) is 0 Å². The molecule has 1 fully saturated rings. The number of ether oxygens (including phenoxy) is 3. The highest BCUT2D eigenvalue weighted by molar-refractivity contribution is 5.70. The summed E-state index contributed by atoms with van der Waals surface area (Å²) in [6.07, 6.45) is -4.97. The molecule has 2 rings (SSSR count). The lowest BCUT2D eigenvalue weighted by molar-refractivity contribution is -0.385. The molecule has 34 heavy (non-hydrogen) atoms. The Labute approximate surface area is 191 Å². The second-order valence-corrected chi connectivity index (χ2v) is 7.62. The van der Waals surface area contributed by atoms with Gasteiger partial charge in [0.1, 0.15) is 6.61 Å². The number of aliphatic carboxylic acids is 3. The van der Waals surface area contributed by atoms with Crippen molar-refractivity contribution in [2.24, 2.45) is 17.8 Å². The molecule has 13 nitrogen and oxygen atoms in total. The SMILES string of the molecule is CC(=O)OC[C@@H]1O[C@@H](Oc2cc([N+](=O)[O-])ccc2F)[C@H](CC(=O)O)[C@@H](CC(=O)O)[C@@H]1CC(=O)O. The normalized spacial score (nSPS) is 24.1. The highest BCUT2D eigenvalue weighted by Gasteiger charge is 2.49. The Bertz CT molecular complexity index is 967. The van der Waals surface area contributed by atoms with Crippen LogP contribution in [0.2, 0.25) is 0 Å². The van der Waals surface area contributed by atoms with Gasteiger partial charge in [-0.05, 0) is 12.0 Å². The first-order valence-corrected chi connectivity index (χ1v) is 9.93. The van der Waals surface area contributed by atoms with E-state index in [-0.39, 0.29) is 0 Å². The van der Waals surface area contributed by atoms with Crippen LogP contribution in [0, 0.1) is 33.7 Å². The minimum absolute atomic E-state index is 0.513. The fraction of sp³-hybridized carbons (Fsp3) is 0.500. The number of carboxylic acids is 3. The number of nitrogens with zero attached hydrogens (tertiary/aromatic N) is 1. The van der Waals surface area contributed by atoms with Gasteiger partial charge in [0.05, 0.1) is 29.9 Å². The fourth-order valence-electron chi connectivity index (χ4n) is 3.91. The van der Waals surface area contributed by atoms with E-state index in [9.17, 15) is 49.0 Å². The first-order valence-electron chi connectivity index (χ1n) is 9.93. The van der Waals surface area contributed by atoms with Crippen LogP contribution in [0.1, 0.15) is 26.2 Å². The number of hydrogen-bond donors (Lipinski definition) is 3. The summed E-state index contributed by atoms with van der Waals surface area (Å²) >= 11 is 0. The molecule has 1 saturated heterocycles. The quantitative estimate of drug-likeness (QED) is 0.232. The number of benzene rings is 1. The molecule has 1 aliphatic heterocycles. The Kier molecular flexibility index (Phi) is 8.83. The average Bonchev–Trinajstić information content (AvgIpc) is 2.71. The summed E-state index contributed by atoms with van der Waals surface area (Å²) in [5, 5.41) is 39.1. The van der Waals surface area contributed by atoms with E-state index in [1.165, 1.54) is 0 Å². The van der Waals surface area contributed by atoms with Crippen molar-refractivity contribution in [3.05, 3.63) is 34.1 Å². The Morgan fingerprint density at radius 2 is 1.59 bits per heavy atom. The molecule has 186 valence electrons. The zero-order valence-electron chi connectivity index (χ0n) is 17.8. The highest BCUT2D eigenvalue weighted by atomic mass is 19.1. The van der Waals surface area contributed by atoms with Gasteiger partial charge in [0.15, 0.2) is 11.6 Å². The molecule has 1 aliphatic rings. The van der Waals surface area contributed by atoms with Crippen LogP contribution in [0.25, 0.3) is 0 Å². The molecule has 0 saturated carbocycles. The van der Waals surface area contributed by atoms with Crippen molar-refractivity contribution >= 4 is 29.6 Å². The maximum Gasteiger partial charge on any atom is 0.303 e. The number of carbonyl (C=O) groups excluding carboxylic acids is 1. The number of rotatable bonds is 11. The van der Waals surface area contributed by atoms with Crippen LogP contribution in [-0.2, 0) is 28.7 Å². The van der Waals surface area contributed by atoms with E-state index in [4.69, 9.17) is 14.2 Å². The van der Waals surface area contributed by atoms with Crippen molar-refractivity contribution in [2.45, 2.75) is 38.6 Å². The Morgan fingerprint density at radius 3 is 2.12 bits per heavy atom. The molecule has 1 aromatic rings. The van der Waals surface area contributed by atoms with Crippen LogP contribution >= 0.6 is 0 Å². The van der Waals surface area contributed by atoms with Gasteiger partial charge >= 0.3 is 23.9 Å². The number of nitro benzene ring substituents is 1. The zero-order valence-corrected chi connectivity index (χ0v) is 17.8. The maximum absolute atomic E-state index is 14.3. The highest BCUT2D eigenvalue weighted by Crippen LogP contribution is 2.42. The Balaban J connectivity index is 2.52. The van der Waals surface area contributed by atoms with Crippen molar-refractivity contribution in [2.75, 3.05) is 6.61 Å². The largest absolute Gasteiger partial charge is 0.481 e. The van der Waals surface area contributed by atoms with E-state index < -0.39 is 102 Å². The van der Waals surface area contributed by atoms with E-state index in [1.54, 1.807) is 0 Å². The maximum atomic E-state index is 14.3. The summed E-state index contributed by atoms with van der Waals surface area (Å²) in [5.41, 5.74) is -0.538. The molecular weight excluding hydrogens is 465 g/mol. The van der Waals surface area contributed by atoms with Crippen molar-refractivity contribution in [3.8, 4) is 5.75 Å². The van der Waals surface area contributed by atoms with Crippen LogP contribution in [0.3, 0.4) is 0 Å². The van der Waals surface area contributed by atoms with Crippen LogP contribution in [0.4, 0.5) is 10.1 Å². The number of esters is 1. The van der Waals surface area contributed by atoms with Gasteiger partial charge in [-0.15, -0.1) is 0 Å². The molecule has 0 radical (unpaired) electrons. The molecule has 14 heteroatoms. The summed E-state index contributed by atoms with van der Waals surface area (Å²) in [4.78, 5) is 56.0. The van der Waals surface area contributed by atoms with Crippen LogP contribution in [-0.4, -0.2) is 63.1 Å². The smallest absolute Gasteiger partial charge is 0.303 e. The zero-order chi connectivity index (χ0) is 25.6. The lowest BCUT2D eigenvalue weighted by atomic mass is 9.71. The number of carbonyl (C=O) groups is 4. The first kappa shape index (κ1) is 26.4. The monoisotopic (exact) mass is 487 g/mol. The van der Waals surface area contributed by atoms with Crippen molar-refractivity contribution in [1.29, 1.82) is 0 Å². The molecule has 0 aromatic heterocycles. The molecule has 0 amide bonds. The van der Waals surface area contributed by atoms with Gasteiger partial charge in [0.25, 0.3) is 5.69 Å². The van der Waals surface area contributed by atoms with Crippen LogP contribution in [0.5, 0.6) is 5.75 Å². The fourth-order valence-corrected chi connectivity index (χ4v) is 3.91. The summed E-state index contributed by atoms with van der Waals surface area (Å²) in [7, 11) is 0. The van der Waals surface area contributed by atoms with Gasteiger partial charge in [-0.25, -0.2) is 4.39 Å². The topological polar surface area (TPSA) is 200 Å². The minimum Gasteiger partial charge on any atom is -0.481 e. The predicted octanol–water partition coefficient (Wildman–Crippen LogP) is 1.67. The predicted molar refractivity (Wildman–Crippen MR) is 106 cm³/mol.